The fourth-order valence-electron chi connectivity index (χ4n) is 2.10. The van der Waals surface area contributed by atoms with Gasteiger partial charge in [0.25, 0.3) is 11.8 Å². The number of amides is 2. The molecule has 0 radical (unpaired) electrons. The van der Waals surface area contributed by atoms with Gasteiger partial charge in [-0.25, -0.2) is 10.9 Å². The molecule has 0 aliphatic rings. The summed E-state index contributed by atoms with van der Waals surface area (Å²) in [5.74, 6) is -0.643. The van der Waals surface area contributed by atoms with Crippen LogP contribution < -0.4 is 10.9 Å². The van der Waals surface area contributed by atoms with Gasteiger partial charge in [0.1, 0.15) is 0 Å². The standard InChI is InChI=1S/C20H20Cl2N4O2S/c1-13(19(27)25-23-11-15-7-3-5-9-17(15)21)29-14(2)20(28)26-24-12-16-8-4-6-10-18(16)22/h3-14H,1-2H3,(H,25,27)(H,26,28)/b23-11+,24-12+/t13-,14-/m0/s1. The van der Waals surface area contributed by atoms with Crippen LogP contribution in [-0.2, 0) is 9.59 Å². The van der Waals surface area contributed by atoms with Crippen molar-refractivity contribution in [3.05, 3.63) is 69.7 Å². The number of hydrazone groups is 2. The molecule has 152 valence electrons. The first-order valence-corrected chi connectivity index (χ1v) is 10.4. The second kappa shape index (κ2) is 11.6. The van der Waals surface area contributed by atoms with Gasteiger partial charge in [-0.2, -0.15) is 10.2 Å². The maximum atomic E-state index is 12.2. The van der Waals surface area contributed by atoms with Gasteiger partial charge in [-0.3, -0.25) is 9.59 Å². The first kappa shape index (κ1) is 22.9. The van der Waals surface area contributed by atoms with Crippen LogP contribution in [0.2, 0.25) is 10.0 Å². The van der Waals surface area contributed by atoms with Crippen LogP contribution in [0.25, 0.3) is 0 Å². The molecule has 2 N–H and O–H groups in total. The number of hydrogen-bond acceptors (Lipinski definition) is 5. The van der Waals surface area contributed by atoms with E-state index in [2.05, 4.69) is 21.1 Å². The Kier molecular flexibility index (Phi) is 9.18. The van der Waals surface area contributed by atoms with Crippen molar-refractivity contribution in [2.45, 2.75) is 24.3 Å². The molecule has 0 unspecified atom stereocenters. The maximum absolute atomic E-state index is 12.2. The van der Waals surface area contributed by atoms with Crippen LogP contribution in [-0.4, -0.2) is 34.7 Å². The predicted octanol–water partition coefficient (Wildman–Crippen LogP) is 4.10. The van der Waals surface area contributed by atoms with Gasteiger partial charge >= 0.3 is 0 Å². The average molecular weight is 451 g/mol. The highest BCUT2D eigenvalue weighted by Gasteiger charge is 2.21. The van der Waals surface area contributed by atoms with E-state index in [1.54, 1.807) is 38.1 Å². The molecule has 2 atom stereocenters. The zero-order valence-electron chi connectivity index (χ0n) is 15.8. The van der Waals surface area contributed by atoms with Gasteiger partial charge in [-0.1, -0.05) is 59.6 Å². The number of carbonyl (C=O) groups is 2. The van der Waals surface area contributed by atoms with E-state index < -0.39 is 10.5 Å². The molecule has 2 aromatic rings. The molecule has 2 aromatic carbocycles. The highest BCUT2D eigenvalue weighted by atomic mass is 35.5. The minimum Gasteiger partial charge on any atom is -0.272 e. The maximum Gasteiger partial charge on any atom is 0.252 e. The third-order valence-corrected chi connectivity index (χ3v) is 5.65. The first-order valence-electron chi connectivity index (χ1n) is 8.69. The fraction of sp³-hybridized carbons (Fsp3) is 0.200. The van der Waals surface area contributed by atoms with Crippen LogP contribution in [0.1, 0.15) is 25.0 Å². The summed E-state index contributed by atoms with van der Waals surface area (Å²) in [6.45, 7) is 3.39. The molecule has 0 bridgehead atoms. The summed E-state index contributed by atoms with van der Waals surface area (Å²) >= 11 is 13.2. The summed E-state index contributed by atoms with van der Waals surface area (Å²) in [5, 5.41) is 7.90. The number of halogens is 2. The summed E-state index contributed by atoms with van der Waals surface area (Å²) in [4.78, 5) is 24.3. The van der Waals surface area contributed by atoms with Gasteiger partial charge in [-0.15, -0.1) is 11.8 Å². The van der Waals surface area contributed by atoms with E-state index in [0.29, 0.717) is 21.2 Å². The van der Waals surface area contributed by atoms with Crippen LogP contribution in [0.5, 0.6) is 0 Å². The number of nitrogens with zero attached hydrogens (tertiary/aromatic N) is 2. The zero-order valence-corrected chi connectivity index (χ0v) is 18.1. The zero-order chi connectivity index (χ0) is 21.2. The lowest BCUT2D eigenvalue weighted by Crippen LogP contribution is -2.33. The van der Waals surface area contributed by atoms with Crippen molar-refractivity contribution in [1.29, 1.82) is 0 Å². The Labute approximate surface area is 183 Å². The Balaban J connectivity index is 1.80. The molecule has 9 heteroatoms. The van der Waals surface area contributed by atoms with E-state index in [9.17, 15) is 9.59 Å². The Bertz CT molecular complexity index is 847. The fourth-order valence-corrected chi connectivity index (χ4v) is 3.44. The number of rotatable bonds is 8. The summed E-state index contributed by atoms with van der Waals surface area (Å²) in [6, 6.07) is 14.3. The van der Waals surface area contributed by atoms with E-state index in [1.807, 2.05) is 24.3 Å². The number of hydrogen-bond donors (Lipinski definition) is 2. The van der Waals surface area contributed by atoms with E-state index >= 15 is 0 Å². The Morgan fingerprint density at radius 3 is 1.59 bits per heavy atom. The SMILES string of the molecule is C[C@H](S[C@@H](C)C(=O)N/N=C/c1ccccc1Cl)C(=O)N/N=C/c1ccccc1Cl. The van der Waals surface area contributed by atoms with Crippen LogP contribution in [0, 0.1) is 0 Å². The summed E-state index contributed by atoms with van der Waals surface area (Å²) in [6.07, 6.45) is 2.94. The number of thioether (sulfide) groups is 1. The van der Waals surface area contributed by atoms with Gasteiger partial charge < -0.3 is 0 Å². The second-order valence-electron chi connectivity index (χ2n) is 5.93. The Morgan fingerprint density at radius 1 is 0.828 bits per heavy atom. The monoisotopic (exact) mass is 450 g/mol. The second-order valence-corrected chi connectivity index (χ2v) is 8.43. The minimum absolute atomic E-state index is 0.322. The summed E-state index contributed by atoms with van der Waals surface area (Å²) in [5.41, 5.74) is 6.28. The molecule has 0 spiro atoms. The number of nitrogens with one attached hydrogen (secondary N) is 2. The molecule has 0 aliphatic heterocycles. The quantitative estimate of drug-likeness (QED) is 0.468. The number of carbonyl (C=O) groups excluding carboxylic acids is 2. The van der Waals surface area contributed by atoms with E-state index in [1.165, 1.54) is 24.2 Å². The molecular weight excluding hydrogens is 431 g/mol. The smallest absolute Gasteiger partial charge is 0.252 e. The van der Waals surface area contributed by atoms with Gasteiger partial charge in [0.15, 0.2) is 0 Å². The van der Waals surface area contributed by atoms with Gasteiger partial charge in [0, 0.05) is 21.2 Å². The molecule has 6 nitrogen and oxygen atoms in total. The van der Waals surface area contributed by atoms with Gasteiger partial charge in [0.2, 0.25) is 0 Å². The lowest BCUT2D eigenvalue weighted by atomic mass is 10.2. The molecule has 0 aliphatic carbocycles. The Morgan fingerprint density at radius 2 is 1.21 bits per heavy atom. The number of benzene rings is 2. The molecule has 0 saturated carbocycles. The molecule has 0 aromatic heterocycles. The average Bonchev–Trinajstić information content (AvgIpc) is 2.70. The molecule has 2 amide bonds. The highest BCUT2D eigenvalue weighted by Crippen LogP contribution is 2.18. The first-order chi connectivity index (χ1) is 13.9. The third-order valence-electron chi connectivity index (χ3n) is 3.71. The van der Waals surface area contributed by atoms with Crippen molar-refractivity contribution >= 4 is 59.2 Å². The van der Waals surface area contributed by atoms with Crippen molar-refractivity contribution in [2.24, 2.45) is 10.2 Å². The highest BCUT2D eigenvalue weighted by molar-refractivity contribution is 8.01. The van der Waals surface area contributed by atoms with Crippen LogP contribution >= 0.6 is 35.0 Å². The summed E-state index contributed by atoms with van der Waals surface area (Å²) < 4.78 is 0. The third kappa shape index (κ3) is 7.53. The normalized spacial score (nSPS) is 13.4. The Hall–Kier alpha value is -2.35. The van der Waals surface area contributed by atoms with Crippen molar-refractivity contribution in [3.8, 4) is 0 Å². The molecule has 0 fully saturated rings. The van der Waals surface area contributed by atoms with E-state index in [4.69, 9.17) is 23.2 Å². The molecule has 0 saturated heterocycles. The van der Waals surface area contributed by atoms with Crippen LogP contribution in [0.15, 0.2) is 58.7 Å². The van der Waals surface area contributed by atoms with Crippen molar-refractivity contribution in [3.63, 3.8) is 0 Å². The minimum atomic E-state index is -0.494. The van der Waals surface area contributed by atoms with Crippen LogP contribution in [0.4, 0.5) is 0 Å². The van der Waals surface area contributed by atoms with Crippen LogP contribution in [0.3, 0.4) is 0 Å². The van der Waals surface area contributed by atoms with E-state index in [-0.39, 0.29) is 11.8 Å². The largest absolute Gasteiger partial charge is 0.272 e. The van der Waals surface area contributed by atoms with Crippen molar-refractivity contribution < 1.29 is 9.59 Å². The van der Waals surface area contributed by atoms with Gasteiger partial charge in [-0.05, 0) is 26.0 Å². The van der Waals surface area contributed by atoms with Crippen molar-refractivity contribution in [1.82, 2.24) is 10.9 Å². The molecule has 29 heavy (non-hydrogen) atoms. The molecule has 2 rings (SSSR count). The lowest BCUT2D eigenvalue weighted by Gasteiger charge is -2.14. The van der Waals surface area contributed by atoms with Crippen molar-refractivity contribution in [2.75, 3.05) is 0 Å². The molecular formula is C20H20Cl2N4O2S. The topological polar surface area (TPSA) is 82.9 Å². The lowest BCUT2D eigenvalue weighted by molar-refractivity contribution is -0.120. The predicted molar refractivity (Wildman–Crippen MR) is 121 cm³/mol. The van der Waals surface area contributed by atoms with E-state index in [0.717, 1.165) is 0 Å². The van der Waals surface area contributed by atoms with Gasteiger partial charge in [0.05, 0.1) is 22.9 Å². The molecule has 0 heterocycles. The summed E-state index contributed by atoms with van der Waals surface area (Å²) in [7, 11) is 0.